The topological polar surface area (TPSA) is 82.5 Å². The van der Waals surface area contributed by atoms with Crippen LogP contribution in [0.25, 0.3) is 0 Å². The van der Waals surface area contributed by atoms with E-state index in [0.29, 0.717) is 13.2 Å². The van der Waals surface area contributed by atoms with Crippen molar-refractivity contribution in [1.82, 2.24) is 14.5 Å². The van der Waals surface area contributed by atoms with Crippen LogP contribution in [0.3, 0.4) is 0 Å². The zero-order valence-corrected chi connectivity index (χ0v) is 11.6. The van der Waals surface area contributed by atoms with Crippen molar-refractivity contribution in [3.8, 4) is 0 Å². The quantitative estimate of drug-likeness (QED) is 0.681. The van der Waals surface area contributed by atoms with Gasteiger partial charge in [0.05, 0.1) is 12.7 Å². The second-order valence-electron chi connectivity index (χ2n) is 3.54. The molecular formula is C10H19N3O4S. The molecule has 1 aromatic rings. The van der Waals surface area contributed by atoms with Crippen LogP contribution >= 0.6 is 0 Å². The maximum atomic E-state index is 11.9. The van der Waals surface area contributed by atoms with Gasteiger partial charge in [0.25, 0.3) is 0 Å². The van der Waals surface area contributed by atoms with Gasteiger partial charge in [-0.25, -0.2) is 13.1 Å². The summed E-state index contributed by atoms with van der Waals surface area (Å²) in [6, 6.07) is 0. The molecular weight excluding hydrogens is 258 g/mol. The van der Waals surface area contributed by atoms with Gasteiger partial charge in [0, 0.05) is 26.5 Å². The lowest BCUT2D eigenvalue weighted by atomic mass is 10.6. The zero-order chi connectivity index (χ0) is 13.6. The van der Waals surface area contributed by atoms with E-state index in [0.717, 1.165) is 0 Å². The lowest BCUT2D eigenvalue weighted by molar-refractivity contribution is -0.130. The predicted octanol–water partition coefficient (Wildman–Crippen LogP) is 0.0975. The molecule has 104 valence electrons. The summed E-state index contributed by atoms with van der Waals surface area (Å²) in [7, 11) is -1.91. The van der Waals surface area contributed by atoms with E-state index in [9.17, 15) is 8.42 Å². The van der Waals surface area contributed by atoms with Crippen LogP contribution in [-0.4, -0.2) is 44.2 Å². The highest BCUT2D eigenvalue weighted by atomic mass is 32.2. The van der Waals surface area contributed by atoms with Crippen LogP contribution in [0.15, 0.2) is 17.3 Å². The number of aryl methyl sites for hydroxylation is 1. The van der Waals surface area contributed by atoms with Crippen molar-refractivity contribution >= 4 is 10.0 Å². The molecule has 0 aliphatic rings. The zero-order valence-electron chi connectivity index (χ0n) is 10.8. The van der Waals surface area contributed by atoms with Crippen LogP contribution in [-0.2, 0) is 26.5 Å². The molecule has 18 heavy (non-hydrogen) atoms. The standard InChI is InChI=1S/C10H19N3O4S/c1-4-16-10(17-5-2)7-12-18(14,15)9-6-11-13(3)8-9/h6,8,10,12H,4-5,7H2,1-3H3. The Kier molecular flexibility index (Phi) is 5.73. The van der Waals surface area contributed by atoms with Crippen LogP contribution < -0.4 is 4.72 Å². The fourth-order valence-corrected chi connectivity index (χ4v) is 2.34. The average Bonchev–Trinajstić information content (AvgIpc) is 2.74. The van der Waals surface area contributed by atoms with Gasteiger partial charge in [-0.05, 0) is 13.8 Å². The lowest BCUT2D eigenvalue weighted by Gasteiger charge is -2.17. The molecule has 0 aliphatic heterocycles. The first-order valence-corrected chi connectivity index (χ1v) is 7.19. The minimum Gasteiger partial charge on any atom is -0.352 e. The predicted molar refractivity (Wildman–Crippen MR) is 65.4 cm³/mol. The Morgan fingerprint density at radius 2 is 2.00 bits per heavy atom. The summed E-state index contributed by atoms with van der Waals surface area (Å²) < 4.78 is 38.1. The third-order valence-corrected chi connectivity index (χ3v) is 3.51. The Labute approximate surface area is 107 Å². The Morgan fingerprint density at radius 1 is 1.39 bits per heavy atom. The van der Waals surface area contributed by atoms with Gasteiger partial charge in [0.2, 0.25) is 10.0 Å². The molecule has 0 aliphatic carbocycles. The fraction of sp³-hybridized carbons (Fsp3) is 0.700. The van der Waals surface area contributed by atoms with Crippen molar-refractivity contribution in [2.75, 3.05) is 19.8 Å². The second-order valence-corrected chi connectivity index (χ2v) is 5.31. The maximum absolute atomic E-state index is 11.9. The second kappa shape index (κ2) is 6.83. The Bertz CT molecular complexity index is 451. The smallest absolute Gasteiger partial charge is 0.243 e. The van der Waals surface area contributed by atoms with E-state index in [1.54, 1.807) is 7.05 Å². The first kappa shape index (κ1) is 15.1. The normalized spacial score (nSPS) is 12.2. The van der Waals surface area contributed by atoms with Gasteiger partial charge in [0.15, 0.2) is 6.29 Å². The molecule has 1 aromatic heterocycles. The van der Waals surface area contributed by atoms with Crippen LogP contribution in [0, 0.1) is 0 Å². The monoisotopic (exact) mass is 277 g/mol. The van der Waals surface area contributed by atoms with Crippen LogP contribution in [0.5, 0.6) is 0 Å². The number of aromatic nitrogens is 2. The number of sulfonamides is 1. The van der Waals surface area contributed by atoms with Crippen LogP contribution in [0.1, 0.15) is 13.8 Å². The number of nitrogens with one attached hydrogen (secondary N) is 1. The van der Waals surface area contributed by atoms with E-state index in [4.69, 9.17) is 9.47 Å². The summed E-state index contributed by atoms with van der Waals surface area (Å²) in [5, 5.41) is 3.82. The third-order valence-electron chi connectivity index (χ3n) is 2.14. The highest BCUT2D eigenvalue weighted by molar-refractivity contribution is 7.89. The fourth-order valence-electron chi connectivity index (χ4n) is 1.34. The molecule has 1 rings (SSSR count). The van der Waals surface area contributed by atoms with Crippen LogP contribution in [0.4, 0.5) is 0 Å². The molecule has 0 radical (unpaired) electrons. The van der Waals surface area contributed by atoms with Gasteiger partial charge in [-0.2, -0.15) is 5.10 Å². The largest absolute Gasteiger partial charge is 0.352 e. The molecule has 7 nitrogen and oxygen atoms in total. The molecule has 0 saturated carbocycles. The van der Waals surface area contributed by atoms with Crippen molar-refractivity contribution in [3.05, 3.63) is 12.4 Å². The summed E-state index contributed by atoms with van der Waals surface area (Å²) in [5.41, 5.74) is 0. The molecule has 0 bridgehead atoms. The third kappa shape index (κ3) is 4.37. The molecule has 0 saturated heterocycles. The average molecular weight is 277 g/mol. The minimum absolute atomic E-state index is 0.0684. The van der Waals surface area contributed by atoms with E-state index in [2.05, 4.69) is 9.82 Å². The Balaban J connectivity index is 2.60. The SMILES string of the molecule is CCOC(CNS(=O)(=O)c1cnn(C)c1)OCC. The Hall–Kier alpha value is -0.960. The maximum Gasteiger partial charge on any atom is 0.243 e. The van der Waals surface area contributed by atoms with Gasteiger partial charge in [-0.1, -0.05) is 0 Å². The van der Waals surface area contributed by atoms with Crippen molar-refractivity contribution in [1.29, 1.82) is 0 Å². The Morgan fingerprint density at radius 3 is 2.44 bits per heavy atom. The number of nitrogens with zero attached hydrogens (tertiary/aromatic N) is 2. The van der Waals surface area contributed by atoms with Gasteiger partial charge < -0.3 is 9.47 Å². The summed E-state index contributed by atoms with van der Waals surface area (Å²) >= 11 is 0. The number of rotatable bonds is 8. The van der Waals surface area contributed by atoms with E-state index in [1.807, 2.05) is 13.8 Å². The molecule has 8 heteroatoms. The molecule has 0 atom stereocenters. The molecule has 0 spiro atoms. The van der Waals surface area contributed by atoms with Gasteiger partial charge in [0.1, 0.15) is 4.90 Å². The first-order chi connectivity index (χ1) is 8.49. The van der Waals surface area contributed by atoms with E-state index in [1.165, 1.54) is 17.1 Å². The van der Waals surface area contributed by atoms with Crippen molar-refractivity contribution < 1.29 is 17.9 Å². The number of hydrogen-bond acceptors (Lipinski definition) is 5. The molecule has 0 fully saturated rings. The van der Waals surface area contributed by atoms with Gasteiger partial charge >= 0.3 is 0 Å². The van der Waals surface area contributed by atoms with E-state index < -0.39 is 16.3 Å². The minimum atomic E-state index is -3.56. The van der Waals surface area contributed by atoms with Gasteiger partial charge in [-0.15, -0.1) is 0 Å². The lowest BCUT2D eigenvalue weighted by Crippen LogP contribution is -2.35. The summed E-state index contributed by atoms with van der Waals surface area (Å²) in [6.45, 7) is 4.63. The molecule has 0 aromatic carbocycles. The van der Waals surface area contributed by atoms with Crippen molar-refractivity contribution in [3.63, 3.8) is 0 Å². The van der Waals surface area contributed by atoms with E-state index in [-0.39, 0.29) is 11.4 Å². The summed E-state index contributed by atoms with van der Waals surface area (Å²) in [6.07, 6.45) is 2.14. The van der Waals surface area contributed by atoms with Crippen molar-refractivity contribution in [2.24, 2.45) is 7.05 Å². The number of hydrogen-bond donors (Lipinski definition) is 1. The molecule has 0 unspecified atom stereocenters. The first-order valence-electron chi connectivity index (χ1n) is 5.71. The molecule has 0 amide bonds. The number of ether oxygens (including phenoxy) is 2. The summed E-state index contributed by atoms with van der Waals surface area (Å²) in [4.78, 5) is 0.122. The molecule has 1 heterocycles. The molecule has 1 N–H and O–H groups in total. The van der Waals surface area contributed by atoms with Crippen molar-refractivity contribution in [2.45, 2.75) is 25.0 Å². The summed E-state index contributed by atoms with van der Waals surface area (Å²) in [5.74, 6) is 0. The highest BCUT2D eigenvalue weighted by Gasteiger charge is 2.18. The van der Waals surface area contributed by atoms with E-state index >= 15 is 0 Å². The van der Waals surface area contributed by atoms with Crippen LogP contribution in [0.2, 0.25) is 0 Å². The highest BCUT2D eigenvalue weighted by Crippen LogP contribution is 2.06. The van der Waals surface area contributed by atoms with Gasteiger partial charge in [-0.3, -0.25) is 4.68 Å².